The van der Waals surface area contributed by atoms with Gasteiger partial charge in [-0.2, -0.15) is 0 Å². The van der Waals surface area contributed by atoms with Crippen molar-refractivity contribution in [3.63, 3.8) is 0 Å². The number of nitrogens with zero attached hydrogens (tertiary/aromatic N) is 4. The summed E-state index contributed by atoms with van der Waals surface area (Å²) < 4.78 is 6.74. The van der Waals surface area contributed by atoms with Crippen molar-refractivity contribution in [3.05, 3.63) is 71.5 Å². The number of amides is 1. The number of benzene rings is 2. The number of aryl methyl sites for hydroxylation is 1. The molecule has 8 heteroatoms. The van der Waals surface area contributed by atoms with Gasteiger partial charge < -0.3 is 4.74 Å². The van der Waals surface area contributed by atoms with Crippen LogP contribution in [0, 0.1) is 6.92 Å². The van der Waals surface area contributed by atoms with Crippen LogP contribution in [0.15, 0.2) is 54.6 Å². The predicted octanol–water partition coefficient (Wildman–Crippen LogP) is 2.02. The summed E-state index contributed by atoms with van der Waals surface area (Å²) in [7, 11) is 1.60. The number of hydroxylamine groups is 1. The van der Waals surface area contributed by atoms with Gasteiger partial charge in [0, 0.05) is 6.42 Å². The number of ether oxygens (including phenoxy) is 1. The molecule has 8 nitrogen and oxygen atoms in total. The largest absolute Gasteiger partial charge is 0.497 e. The lowest BCUT2D eigenvalue weighted by Crippen LogP contribution is -2.35. The minimum Gasteiger partial charge on any atom is -0.497 e. The normalized spacial score (nSPS) is 11.8. The number of hydrogen-bond acceptors (Lipinski definition) is 6. The molecule has 1 unspecified atom stereocenters. The van der Waals surface area contributed by atoms with Crippen LogP contribution >= 0.6 is 0 Å². The van der Waals surface area contributed by atoms with Crippen molar-refractivity contribution >= 4 is 5.91 Å². The Labute approximate surface area is 157 Å². The summed E-state index contributed by atoms with van der Waals surface area (Å²) in [4.78, 5) is 18.1. The van der Waals surface area contributed by atoms with E-state index >= 15 is 0 Å². The summed E-state index contributed by atoms with van der Waals surface area (Å²) >= 11 is 0. The Morgan fingerprint density at radius 1 is 1.15 bits per heavy atom. The van der Waals surface area contributed by atoms with Crippen molar-refractivity contribution in [2.45, 2.75) is 26.0 Å². The standard InChI is InChI=1S/C19H21N5O3/c1-14-20-22-23-24(14)18(12-16-9-6-10-17(11-16)26-2)19(25)21-27-13-15-7-4-3-5-8-15/h3-11,18H,12-13H2,1-2H3,(H,21,25). The van der Waals surface area contributed by atoms with Crippen LogP contribution in [0.1, 0.15) is 23.0 Å². The zero-order valence-electron chi connectivity index (χ0n) is 15.2. The molecule has 1 aromatic heterocycles. The summed E-state index contributed by atoms with van der Waals surface area (Å²) in [6.45, 7) is 2.02. The molecule has 0 bridgehead atoms. The second-order valence-electron chi connectivity index (χ2n) is 5.98. The van der Waals surface area contributed by atoms with Gasteiger partial charge in [0.15, 0.2) is 0 Å². The average Bonchev–Trinajstić information content (AvgIpc) is 3.12. The van der Waals surface area contributed by atoms with Crippen molar-refractivity contribution in [1.29, 1.82) is 0 Å². The first-order valence-corrected chi connectivity index (χ1v) is 8.50. The second-order valence-corrected chi connectivity index (χ2v) is 5.98. The highest BCUT2D eigenvalue weighted by Gasteiger charge is 2.24. The van der Waals surface area contributed by atoms with E-state index in [0.29, 0.717) is 12.2 Å². The zero-order valence-corrected chi connectivity index (χ0v) is 15.2. The molecule has 1 N–H and O–H groups in total. The number of aromatic nitrogens is 4. The lowest BCUT2D eigenvalue weighted by Gasteiger charge is -2.17. The van der Waals surface area contributed by atoms with Crippen LogP contribution in [0.4, 0.5) is 0 Å². The molecule has 3 aromatic rings. The molecule has 1 heterocycles. The average molecular weight is 367 g/mol. The molecular weight excluding hydrogens is 346 g/mol. The van der Waals surface area contributed by atoms with E-state index in [1.807, 2.05) is 54.6 Å². The molecule has 3 rings (SSSR count). The number of carbonyl (C=O) groups is 1. The molecule has 1 amide bonds. The molecule has 0 fully saturated rings. The Hall–Kier alpha value is -3.26. The first-order valence-electron chi connectivity index (χ1n) is 8.50. The quantitative estimate of drug-likeness (QED) is 0.613. The SMILES string of the molecule is COc1cccc(CC(C(=O)NOCc2ccccc2)n2nnnc2C)c1. The smallest absolute Gasteiger partial charge is 0.268 e. The predicted molar refractivity (Wildman–Crippen MR) is 97.7 cm³/mol. The van der Waals surface area contributed by atoms with Gasteiger partial charge in [0.05, 0.1) is 13.7 Å². The second kappa shape index (κ2) is 8.91. The molecular formula is C19H21N5O3. The Kier molecular flexibility index (Phi) is 6.11. The van der Waals surface area contributed by atoms with Gasteiger partial charge in [-0.1, -0.05) is 42.5 Å². The third-order valence-electron chi connectivity index (χ3n) is 4.07. The zero-order chi connectivity index (χ0) is 19.1. The van der Waals surface area contributed by atoms with E-state index < -0.39 is 6.04 Å². The number of nitrogens with one attached hydrogen (secondary N) is 1. The third-order valence-corrected chi connectivity index (χ3v) is 4.07. The van der Waals surface area contributed by atoms with Crippen LogP contribution in [0.5, 0.6) is 5.75 Å². The number of carbonyl (C=O) groups excluding carboxylic acids is 1. The highest BCUT2D eigenvalue weighted by atomic mass is 16.6. The van der Waals surface area contributed by atoms with E-state index in [9.17, 15) is 4.79 Å². The summed E-state index contributed by atoms with van der Waals surface area (Å²) in [6, 6.07) is 16.5. The monoisotopic (exact) mass is 367 g/mol. The first kappa shape index (κ1) is 18.5. The Morgan fingerprint density at radius 2 is 1.93 bits per heavy atom. The van der Waals surface area contributed by atoms with Gasteiger partial charge in [0.25, 0.3) is 5.91 Å². The maximum atomic E-state index is 12.8. The van der Waals surface area contributed by atoms with Gasteiger partial charge in [0.2, 0.25) is 0 Å². The first-order chi connectivity index (χ1) is 13.2. The molecule has 27 heavy (non-hydrogen) atoms. The fraction of sp³-hybridized carbons (Fsp3) is 0.263. The maximum absolute atomic E-state index is 12.8. The highest BCUT2D eigenvalue weighted by Crippen LogP contribution is 2.19. The third kappa shape index (κ3) is 4.89. The molecule has 0 saturated heterocycles. The lowest BCUT2D eigenvalue weighted by molar-refractivity contribution is -0.138. The van der Waals surface area contributed by atoms with Crippen molar-refractivity contribution in [3.8, 4) is 5.75 Å². The number of methoxy groups -OCH3 is 1. The lowest BCUT2D eigenvalue weighted by atomic mass is 10.1. The summed E-state index contributed by atoms with van der Waals surface area (Å²) in [5.41, 5.74) is 4.39. The topological polar surface area (TPSA) is 91.2 Å². The van der Waals surface area contributed by atoms with E-state index in [1.54, 1.807) is 14.0 Å². The van der Waals surface area contributed by atoms with Crippen LogP contribution in [-0.4, -0.2) is 33.2 Å². The van der Waals surface area contributed by atoms with Crippen molar-refractivity contribution < 1.29 is 14.4 Å². The van der Waals surface area contributed by atoms with Crippen molar-refractivity contribution in [1.82, 2.24) is 25.7 Å². The van der Waals surface area contributed by atoms with Gasteiger partial charge in [0.1, 0.15) is 17.6 Å². The number of tetrazole rings is 1. The molecule has 0 radical (unpaired) electrons. The molecule has 1 atom stereocenters. The van der Waals surface area contributed by atoms with E-state index in [2.05, 4.69) is 21.0 Å². The molecule has 0 spiro atoms. The fourth-order valence-electron chi connectivity index (χ4n) is 2.67. The summed E-state index contributed by atoms with van der Waals surface area (Å²) in [5.74, 6) is 0.936. The van der Waals surface area contributed by atoms with Crippen LogP contribution in [0.25, 0.3) is 0 Å². The van der Waals surface area contributed by atoms with E-state index in [4.69, 9.17) is 9.57 Å². The van der Waals surface area contributed by atoms with E-state index in [0.717, 1.165) is 16.9 Å². The van der Waals surface area contributed by atoms with Gasteiger partial charge >= 0.3 is 0 Å². The maximum Gasteiger partial charge on any atom is 0.268 e. The van der Waals surface area contributed by atoms with Crippen LogP contribution < -0.4 is 10.2 Å². The molecule has 0 aliphatic rings. The summed E-state index contributed by atoms with van der Waals surface area (Å²) in [6.07, 6.45) is 0.392. The molecule has 0 aliphatic carbocycles. The number of rotatable bonds is 8. The van der Waals surface area contributed by atoms with Gasteiger partial charge in [-0.15, -0.1) is 5.10 Å². The minimum atomic E-state index is -0.650. The highest BCUT2D eigenvalue weighted by molar-refractivity contribution is 5.79. The molecule has 0 aliphatic heterocycles. The van der Waals surface area contributed by atoms with E-state index in [-0.39, 0.29) is 12.5 Å². The molecule has 0 saturated carbocycles. The van der Waals surface area contributed by atoms with Gasteiger partial charge in [-0.05, 0) is 40.6 Å². The van der Waals surface area contributed by atoms with Gasteiger partial charge in [-0.25, -0.2) is 10.2 Å². The van der Waals surface area contributed by atoms with Crippen LogP contribution in [-0.2, 0) is 22.7 Å². The Morgan fingerprint density at radius 3 is 2.63 bits per heavy atom. The number of hydrogen-bond donors (Lipinski definition) is 1. The molecule has 2 aromatic carbocycles. The Balaban J connectivity index is 1.71. The summed E-state index contributed by atoms with van der Waals surface area (Å²) in [5, 5.41) is 11.5. The van der Waals surface area contributed by atoms with Crippen molar-refractivity contribution in [2.75, 3.05) is 7.11 Å². The Bertz CT molecular complexity index is 882. The van der Waals surface area contributed by atoms with E-state index in [1.165, 1.54) is 4.68 Å². The minimum absolute atomic E-state index is 0.271. The fourth-order valence-corrected chi connectivity index (χ4v) is 2.67. The van der Waals surface area contributed by atoms with Crippen molar-refractivity contribution in [2.24, 2.45) is 0 Å². The molecule has 140 valence electrons. The van der Waals surface area contributed by atoms with Crippen LogP contribution in [0.3, 0.4) is 0 Å². The van der Waals surface area contributed by atoms with Crippen LogP contribution in [0.2, 0.25) is 0 Å². The van der Waals surface area contributed by atoms with Gasteiger partial charge in [-0.3, -0.25) is 9.63 Å².